The van der Waals surface area contributed by atoms with Gasteiger partial charge in [0.1, 0.15) is 6.54 Å². The molecule has 1 N–H and O–H groups in total. The number of halogens is 1. The van der Waals surface area contributed by atoms with Gasteiger partial charge in [0, 0.05) is 10.2 Å². The van der Waals surface area contributed by atoms with Crippen molar-refractivity contribution in [3.8, 4) is 0 Å². The summed E-state index contributed by atoms with van der Waals surface area (Å²) in [5, 5.41) is 2.53. The van der Waals surface area contributed by atoms with Crippen LogP contribution in [0.3, 0.4) is 0 Å². The third-order valence-corrected chi connectivity index (χ3v) is 4.02. The van der Waals surface area contributed by atoms with E-state index in [1.165, 1.54) is 4.90 Å². The molecule has 1 aliphatic heterocycles. The fourth-order valence-electron chi connectivity index (χ4n) is 1.87. The van der Waals surface area contributed by atoms with E-state index >= 15 is 0 Å². The second kappa shape index (κ2) is 4.49. The first-order valence-corrected chi connectivity index (χ1v) is 6.12. The molecule has 1 aliphatic rings. The summed E-state index contributed by atoms with van der Waals surface area (Å²) in [7, 11) is 0. The first-order valence-electron chi connectivity index (χ1n) is 5.33. The summed E-state index contributed by atoms with van der Waals surface area (Å²) in [6.45, 7) is 4.11. The molecule has 5 heteroatoms. The number of hydrogen-bond donors (Lipinski definition) is 1. The topological polar surface area (TPSA) is 49.4 Å². The van der Waals surface area contributed by atoms with Crippen molar-refractivity contribution < 1.29 is 9.59 Å². The predicted octanol–water partition coefficient (Wildman–Crippen LogP) is 1.53. The lowest BCUT2D eigenvalue weighted by Gasteiger charge is -2.27. The molecule has 0 atom stereocenters. The van der Waals surface area contributed by atoms with E-state index in [1.54, 1.807) is 0 Å². The maximum absolute atomic E-state index is 11.7. The van der Waals surface area contributed by atoms with Crippen LogP contribution < -0.4 is 10.2 Å². The minimum absolute atomic E-state index is 0.0764. The Kier molecular flexibility index (Phi) is 3.19. The highest BCUT2D eigenvalue weighted by atomic mass is 79.9. The lowest BCUT2D eigenvalue weighted by molar-refractivity contribution is -0.128. The molecule has 0 aliphatic carbocycles. The Morgan fingerprint density at radius 1 is 1.24 bits per heavy atom. The highest BCUT2D eigenvalue weighted by molar-refractivity contribution is 9.10. The SMILES string of the molecule is Cc1cc(N2CC(=O)NCC2=O)cc(C)c1Br. The largest absolute Gasteiger partial charge is 0.345 e. The van der Waals surface area contributed by atoms with Gasteiger partial charge in [0.05, 0.1) is 6.54 Å². The van der Waals surface area contributed by atoms with Gasteiger partial charge in [-0.1, -0.05) is 15.9 Å². The number of rotatable bonds is 1. The fraction of sp³-hybridized carbons (Fsp3) is 0.333. The van der Waals surface area contributed by atoms with Crippen LogP contribution in [0.4, 0.5) is 5.69 Å². The Balaban J connectivity index is 2.39. The Hall–Kier alpha value is -1.36. The van der Waals surface area contributed by atoms with Gasteiger partial charge in [-0.05, 0) is 37.1 Å². The molecule has 90 valence electrons. The van der Waals surface area contributed by atoms with Crippen molar-refractivity contribution in [2.45, 2.75) is 13.8 Å². The lowest BCUT2D eigenvalue weighted by Crippen LogP contribution is -2.51. The van der Waals surface area contributed by atoms with Gasteiger partial charge in [-0.25, -0.2) is 0 Å². The molecule has 1 aromatic carbocycles. The molecule has 0 spiro atoms. The lowest BCUT2D eigenvalue weighted by atomic mass is 10.1. The number of nitrogens with zero attached hydrogens (tertiary/aromatic N) is 1. The molecule has 17 heavy (non-hydrogen) atoms. The van der Waals surface area contributed by atoms with Crippen molar-refractivity contribution in [1.29, 1.82) is 0 Å². The minimum Gasteiger partial charge on any atom is -0.345 e. The number of hydrogen-bond acceptors (Lipinski definition) is 2. The number of piperazine rings is 1. The van der Waals surface area contributed by atoms with Crippen molar-refractivity contribution in [2.24, 2.45) is 0 Å². The molecule has 0 saturated carbocycles. The van der Waals surface area contributed by atoms with Gasteiger partial charge < -0.3 is 10.2 Å². The normalized spacial score (nSPS) is 16.1. The number of benzene rings is 1. The number of carbonyl (C=O) groups excluding carboxylic acids is 2. The van der Waals surface area contributed by atoms with Gasteiger partial charge >= 0.3 is 0 Å². The summed E-state index contributed by atoms with van der Waals surface area (Å²) in [6.07, 6.45) is 0. The number of anilines is 1. The second-order valence-corrected chi connectivity index (χ2v) is 4.94. The molecule has 1 fully saturated rings. The third-order valence-electron chi connectivity index (χ3n) is 2.77. The van der Waals surface area contributed by atoms with Gasteiger partial charge in [-0.2, -0.15) is 0 Å². The molecule has 0 aromatic heterocycles. The Morgan fingerprint density at radius 2 is 1.82 bits per heavy atom. The van der Waals surface area contributed by atoms with Gasteiger partial charge in [0.25, 0.3) is 0 Å². The summed E-state index contributed by atoms with van der Waals surface area (Å²) >= 11 is 3.48. The molecular formula is C12H13BrN2O2. The summed E-state index contributed by atoms with van der Waals surface area (Å²) in [5.41, 5.74) is 2.89. The zero-order valence-electron chi connectivity index (χ0n) is 9.71. The molecule has 1 heterocycles. The van der Waals surface area contributed by atoms with E-state index < -0.39 is 0 Å². The van der Waals surface area contributed by atoms with Crippen LogP contribution in [0.25, 0.3) is 0 Å². The number of carbonyl (C=O) groups is 2. The maximum atomic E-state index is 11.7. The standard InChI is InChI=1S/C12H13BrN2O2/c1-7-3-9(4-8(2)12(7)13)15-6-10(16)14-5-11(15)17/h3-4H,5-6H2,1-2H3,(H,14,16). The van der Waals surface area contributed by atoms with Crippen molar-refractivity contribution in [3.63, 3.8) is 0 Å². The van der Waals surface area contributed by atoms with E-state index in [4.69, 9.17) is 0 Å². The van der Waals surface area contributed by atoms with E-state index in [9.17, 15) is 9.59 Å². The highest BCUT2D eigenvalue weighted by Crippen LogP contribution is 2.27. The van der Waals surface area contributed by atoms with Crippen molar-refractivity contribution in [3.05, 3.63) is 27.7 Å². The second-order valence-electron chi connectivity index (χ2n) is 4.15. The molecular weight excluding hydrogens is 284 g/mol. The van der Waals surface area contributed by atoms with Crippen LogP contribution in [0.5, 0.6) is 0 Å². The van der Waals surface area contributed by atoms with Crippen LogP contribution in [0.15, 0.2) is 16.6 Å². The van der Waals surface area contributed by atoms with Crippen LogP contribution in [-0.4, -0.2) is 24.9 Å². The molecule has 2 rings (SSSR count). The molecule has 1 saturated heterocycles. The van der Waals surface area contributed by atoms with Crippen LogP contribution in [0.1, 0.15) is 11.1 Å². The smallest absolute Gasteiger partial charge is 0.246 e. The molecule has 0 radical (unpaired) electrons. The van der Waals surface area contributed by atoms with Crippen LogP contribution in [0.2, 0.25) is 0 Å². The van der Waals surface area contributed by atoms with Crippen molar-refractivity contribution >= 4 is 33.4 Å². The zero-order chi connectivity index (χ0) is 12.6. The van der Waals surface area contributed by atoms with Crippen molar-refractivity contribution in [2.75, 3.05) is 18.0 Å². The fourth-order valence-corrected chi connectivity index (χ4v) is 2.10. The average Bonchev–Trinajstić information content (AvgIpc) is 2.28. The average molecular weight is 297 g/mol. The minimum atomic E-state index is -0.122. The number of nitrogens with one attached hydrogen (secondary N) is 1. The summed E-state index contributed by atoms with van der Waals surface area (Å²) in [5.74, 6) is -0.200. The van der Waals surface area contributed by atoms with Crippen LogP contribution >= 0.6 is 15.9 Å². The highest BCUT2D eigenvalue weighted by Gasteiger charge is 2.24. The molecule has 4 nitrogen and oxygen atoms in total. The Morgan fingerprint density at radius 3 is 2.41 bits per heavy atom. The summed E-state index contributed by atoms with van der Waals surface area (Å²) in [4.78, 5) is 24.6. The van der Waals surface area contributed by atoms with Crippen LogP contribution in [0, 0.1) is 13.8 Å². The summed E-state index contributed by atoms with van der Waals surface area (Å²) in [6, 6.07) is 3.82. The maximum Gasteiger partial charge on any atom is 0.246 e. The van der Waals surface area contributed by atoms with Crippen LogP contribution in [-0.2, 0) is 9.59 Å². The summed E-state index contributed by atoms with van der Waals surface area (Å²) < 4.78 is 1.04. The van der Waals surface area contributed by atoms with Gasteiger partial charge in [-0.15, -0.1) is 0 Å². The molecule has 2 amide bonds. The number of amides is 2. The first-order chi connectivity index (χ1) is 7.99. The molecule has 1 aromatic rings. The van der Waals surface area contributed by atoms with E-state index in [1.807, 2.05) is 26.0 Å². The first kappa shape index (κ1) is 12.1. The van der Waals surface area contributed by atoms with E-state index in [0.29, 0.717) is 0 Å². The van der Waals surface area contributed by atoms with E-state index in [2.05, 4.69) is 21.2 Å². The quantitative estimate of drug-likeness (QED) is 0.854. The third kappa shape index (κ3) is 2.34. The van der Waals surface area contributed by atoms with E-state index in [-0.39, 0.29) is 24.9 Å². The van der Waals surface area contributed by atoms with Gasteiger partial charge in [0.15, 0.2) is 0 Å². The molecule has 0 unspecified atom stereocenters. The van der Waals surface area contributed by atoms with E-state index in [0.717, 1.165) is 21.3 Å². The monoisotopic (exact) mass is 296 g/mol. The van der Waals surface area contributed by atoms with Gasteiger partial charge in [-0.3, -0.25) is 9.59 Å². The Bertz CT molecular complexity index is 476. The Labute approximate surface area is 108 Å². The molecule has 0 bridgehead atoms. The predicted molar refractivity (Wildman–Crippen MR) is 69.0 cm³/mol. The zero-order valence-corrected chi connectivity index (χ0v) is 11.3. The van der Waals surface area contributed by atoms with Gasteiger partial charge in [0.2, 0.25) is 11.8 Å². The van der Waals surface area contributed by atoms with Crippen molar-refractivity contribution in [1.82, 2.24) is 5.32 Å². The number of aryl methyl sites for hydroxylation is 2.